The zero-order valence-electron chi connectivity index (χ0n) is 12.7. The molecule has 0 fully saturated rings. The zero-order chi connectivity index (χ0) is 17.3. The van der Waals surface area contributed by atoms with Crippen molar-refractivity contribution in [2.75, 3.05) is 0 Å². The second-order valence-corrected chi connectivity index (χ2v) is 8.02. The minimum Gasteiger partial charge on any atom is -0.258 e. The highest BCUT2D eigenvalue weighted by Gasteiger charge is 2.23. The summed E-state index contributed by atoms with van der Waals surface area (Å²) < 4.78 is 27.0. The molecular formula is C16H14N2O4S2. The highest BCUT2D eigenvalue weighted by molar-refractivity contribution is 7.90. The molecule has 0 aliphatic carbocycles. The molecule has 1 atom stereocenters. The molecule has 0 aliphatic heterocycles. The first kappa shape index (κ1) is 16.4. The highest BCUT2D eigenvalue weighted by atomic mass is 32.2. The molecule has 0 spiro atoms. The van der Waals surface area contributed by atoms with Crippen LogP contribution in [-0.4, -0.2) is 17.3 Å². The van der Waals surface area contributed by atoms with Crippen molar-refractivity contribution in [3.8, 4) is 0 Å². The first-order chi connectivity index (χ1) is 11.4. The topological polar surface area (TPSA) is 82.2 Å². The number of nitro benzene ring substituents is 1. The van der Waals surface area contributed by atoms with Gasteiger partial charge in [-0.3, -0.25) is 10.1 Å². The summed E-state index contributed by atoms with van der Waals surface area (Å²) in [4.78, 5) is 11.2. The molecular weight excluding hydrogens is 348 g/mol. The van der Waals surface area contributed by atoms with Crippen molar-refractivity contribution in [3.05, 3.63) is 80.8 Å². The normalized spacial score (nSPS) is 12.9. The number of non-ortho nitro benzene ring substituents is 1. The first-order valence-corrected chi connectivity index (χ1v) is 9.44. The van der Waals surface area contributed by atoms with E-state index in [2.05, 4.69) is 0 Å². The molecule has 6 nitrogen and oxygen atoms in total. The molecule has 0 unspecified atom stereocenters. The van der Waals surface area contributed by atoms with E-state index >= 15 is 0 Å². The van der Waals surface area contributed by atoms with Crippen molar-refractivity contribution in [1.82, 2.24) is 3.97 Å². The predicted molar refractivity (Wildman–Crippen MR) is 91.9 cm³/mol. The Balaban J connectivity index is 2.02. The second kappa shape index (κ2) is 6.21. The van der Waals surface area contributed by atoms with Crippen molar-refractivity contribution >= 4 is 27.0 Å². The van der Waals surface area contributed by atoms with Gasteiger partial charge in [0, 0.05) is 34.8 Å². The lowest BCUT2D eigenvalue weighted by atomic mass is 10.1. The van der Waals surface area contributed by atoms with E-state index in [0.717, 1.165) is 4.88 Å². The van der Waals surface area contributed by atoms with Crippen LogP contribution in [-0.2, 0) is 10.0 Å². The van der Waals surface area contributed by atoms with Crippen molar-refractivity contribution in [2.24, 2.45) is 0 Å². The number of aromatic nitrogens is 1. The van der Waals surface area contributed by atoms with Gasteiger partial charge in [-0.25, -0.2) is 12.4 Å². The Morgan fingerprint density at radius 2 is 1.83 bits per heavy atom. The molecule has 3 rings (SSSR count). The number of hydrogen-bond acceptors (Lipinski definition) is 5. The largest absolute Gasteiger partial charge is 0.269 e. The van der Waals surface area contributed by atoms with E-state index in [9.17, 15) is 18.5 Å². The van der Waals surface area contributed by atoms with E-state index in [0.29, 0.717) is 5.69 Å². The average molecular weight is 362 g/mol. The van der Waals surface area contributed by atoms with Crippen LogP contribution in [0.4, 0.5) is 5.69 Å². The van der Waals surface area contributed by atoms with Gasteiger partial charge in [0.25, 0.3) is 15.7 Å². The maximum atomic E-state index is 12.9. The highest BCUT2D eigenvalue weighted by Crippen LogP contribution is 2.30. The standard InChI is InChI=1S/C16H14N2O4S2/c1-12(16-5-3-11-23-16)15-4-2-10-17(15)24(21,22)14-8-6-13(7-9-14)18(19)20/h2-12H,1H3/t12-/m1/s1. The Morgan fingerprint density at radius 3 is 2.42 bits per heavy atom. The number of nitro groups is 1. The first-order valence-electron chi connectivity index (χ1n) is 7.12. The van der Waals surface area contributed by atoms with Crippen molar-refractivity contribution in [1.29, 1.82) is 0 Å². The Labute approximate surface area is 143 Å². The molecule has 2 heterocycles. The van der Waals surface area contributed by atoms with Crippen LogP contribution in [0.3, 0.4) is 0 Å². The van der Waals surface area contributed by atoms with Crippen LogP contribution in [0.2, 0.25) is 0 Å². The van der Waals surface area contributed by atoms with Gasteiger partial charge in [0.15, 0.2) is 0 Å². The zero-order valence-corrected chi connectivity index (χ0v) is 14.3. The Bertz CT molecular complexity index is 958. The number of hydrogen-bond donors (Lipinski definition) is 0. The summed E-state index contributed by atoms with van der Waals surface area (Å²) >= 11 is 1.57. The predicted octanol–water partition coefficient (Wildman–Crippen LogP) is 3.85. The van der Waals surface area contributed by atoms with Gasteiger partial charge in [-0.15, -0.1) is 11.3 Å². The summed E-state index contributed by atoms with van der Waals surface area (Å²) in [6.07, 6.45) is 1.50. The van der Waals surface area contributed by atoms with Gasteiger partial charge in [-0.2, -0.15) is 0 Å². The molecule has 0 N–H and O–H groups in total. The Kier molecular flexibility index (Phi) is 4.25. The van der Waals surface area contributed by atoms with Gasteiger partial charge in [-0.05, 0) is 35.7 Å². The van der Waals surface area contributed by atoms with Crippen LogP contribution >= 0.6 is 11.3 Å². The van der Waals surface area contributed by atoms with Crippen molar-refractivity contribution in [2.45, 2.75) is 17.7 Å². The van der Waals surface area contributed by atoms with E-state index in [1.807, 2.05) is 24.4 Å². The van der Waals surface area contributed by atoms with Crippen molar-refractivity contribution < 1.29 is 13.3 Å². The van der Waals surface area contributed by atoms with Crippen LogP contribution in [0.1, 0.15) is 23.4 Å². The van der Waals surface area contributed by atoms with Gasteiger partial charge in [0.1, 0.15) is 0 Å². The third-order valence-electron chi connectivity index (χ3n) is 3.76. The minimum absolute atomic E-state index is 0.0175. The van der Waals surface area contributed by atoms with Gasteiger partial charge < -0.3 is 0 Å². The fourth-order valence-corrected chi connectivity index (χ4v) is 4.70. The van der Waals surface area contributed by atoms with E-state index in [1.165, 1.54) is 34.4 Å². The molecule has 0 aliphatic rings. The van der Waals surface area contributed by atoms with E-state index in [1.54, 1.807) is 23.5 Å². The van der Waals surface area contributed by atoms with E-state index in [4.69, 9.17) is 0 Å². The number of benzene rings is 1. The molecule has 0 bridgehead atoms. The number of thiophene rings is 1. The monoisotopic (exact) mass is 362 g/mol. The van der Waals surface area contributed by atoms with Crippen LogP contribution in [0, 0.1) is 10.1 Å². The molecule has 0 radical (unpaired) electrons. The molecule has 24 heavy (non-hydrogen) atoms. The summed E-state index contributed by atoms with van der Waals surface area (Å²) in [5, 5.41) is 12.7. The molecule has 8 heteroatoms. The second-order valence-electron chi connectivity index (χ2n) is 5.22. The lowest BCUT2D eigenvalue weighted by Gasteiger charge is -2.15. The number of nitrogens with zero attached hydrogens (tertiary/aromatic N) is 2. The lowest BCUT2D eigenvalue weighted by molar-refractivity contribution is -0.384. The quantitative estimate of drug-likeness (QED) is 0.510. The summed E-state index contributed by atoms with van der Waals surface area (Å²) in [5.41, 5.74) is 0.504. The fourth-order valence-electron chi connectivity index (χ4n) is 2.47. The number of rotatable bonds is 5. The summed E-state index contributed by atoms with van der Waals surface area (Å²) in [5.74, 6) is -0.0761. The molecule has 0 saturated heterocycles. The maximum absolute atomic E-state index is 12.9. The van der Waals surface area contributed by atoms with Gasteiger partial charge in [0.05, 0.1) is 9.82 Å². The molecule has 1 aromatic carbocycles. The minimum atomic E-state index is -3.81. The van der Waals surface area contributed by atoms with E-state index in [-0.39, 0.29) is 16.5 Å². The molecule has 0 amide bonds. The lowest BCUT2D eigenvalue weighted by Crippen LogP contribution is -2.16. The molecule has 2 aromatic heterocycles. The van der Waals surface area contributed by atoms with E-state index < -0.39 is 14.9 Å². The van der Waals surface area contributed by atoms with Crippen LogP contribution in [0.15, 0.2) is 65.0 Å². The van der Waals surface area contributed by atoms with Gasteiger partial charge in [0.2, 0.25) is 0 Å². The summed E-state index contributed by atoms with van der Waals surface area (Å²) in [6, 6.07) is 12.2. The molecule has 3 aromatic rings. The molecule has 124 valence electrons. The third kappa shape index (κ3) is 2.85. The molecule has 0 saturated carbocycles. The SMILES string of the molecule is C[C@@H](c1cccs1)c1cccn1S(=O)(=O)c1ccc([N+](=O)[O-])cc1. The maximum Gasteiger partial charge on any atom is 0.269 e. The smallest absolute Gasteiger partial charge is 0.258 e. The third-order valence-corrected chi connectivity index (χ3v) is 6.53. The van der Waals surface area contributed by atoms with Crippen LogP contribution < -0.4 is 0 Å². The van der Waals surface area contributed by atoms with Crippen LogP contribution in [0.5, 0.6) is 0 Å². The van der Waals surface area contributed by atoms with Gasteiger partial charge in [-0.1, -0.05) is 13.0 Å². The summed E-state index contributed by atoms with van der Waals surface area (Å²) in [6.45, 7) is 1.95. The average Bonchev–Trinajstić information content (AvgIpc) is 3.26. The van der Waals surface area contributed by atoms with Crippen molar-refractivity contribution in [3.63, 3.8) is 0 Å². The Morgan fingerprint density at radius 1 is 1.12 bits per heavy atom. The van der Waals surface area contributed by atoms with Gasteiger partial charge >= 0.3 is 0 Å². The Hall–Kier alpha value is -2.45. The summed E-state index contributed by atoms with van der Waals surface area (Å²) in [7, 11) is -3.81. The van der Waals surface area contributed by atoms with Crippen LogP contribution in [0.25, 0.3) is 0 Å². The fraction of sp³-hybridized carbons (Fsp3) is 0.125.